The van der Waals surface area contributed by atoms with Gasteiger partial charge in [-0.05, 0) is 59.8 Å². The molecule has 0 spiro atoms. The van der Waals surface area contributed by atoms with E-state index in [9.17, 15) is 0 Å². The normalized spacial score (nSPS) is 31.7. The highest BCUT2D eigenvalue weighted by Crippen LogP contribution is 2.44. The van der Waals surface area contributed by atoms with Crippen molar-refractivity contribution < 1.29 is 4.74 Å². The van der Waals surface area contributed by atoms with Gasteiger partial charge in [0.15, 0.2) is 0 Å². The minimum atomic E-state index is 0.0262. The Balaban J connectivity index is 2.53. The number of nitrogens with two attached hydrogens (primary N) is 1. The molecule has 0 aromatic rings. The van der Waals surface area contributed by atoms with Crippen LogP contribution in [0.4, 0.5) is 0 Å². The van der Waals surface area contributed by atoms with E-state index in [0.29, 0.717) is 12.0 Å². The Hall–Kier alpha value is -0.0800. The molecule has 0 amide bonds. The van der Waals surface area contributed by atoms with E-state index in [1.165, 1.54) is 6.42 Å². The summed E-state index contributed by atoms with van der Waals surface area (Å²) in [7, 11) is 0. The highest BCUT2D eigenvalue weighted by atomic mass is 16.5. The molecule has 1 rings (SSSR count). The molecule has 0 aromatic carbocycles. The Labute approximate surface area is 88.2 Å². The van der Waals surface area contributed by atoms with Gasteiger partial charge in [0, 0.05) is 6.04 Å². The van der Waals surface area contributed by atoms with E-state index >= 15 is 0 Å². The van der Waals surface area contributed by atoms with Crippen LogP contribution in [0.5, 0.6) is 0 Å². The second-order valence-corrected chi connectivity index (χ2v) is 5.92. The molecule has 2 atom stereocenters. The third kappa shape index (κ3) is 2.96. The molecule has 0 bridgehead atoms. The Morgan fingerprint density at radius 3 is 2.29 bits per heavy atom. The van der Waals surface area contributed by atoms with Crippen LogP contribution in [0.3, 0.4) is 0 Å². The summed E-state index contributed by atoms with van der Waals surface area (Å²) < 4.78 is 6.04. The topological polar surface area (TPSA) is 35.2 Å². The van der Waals surface area contributed by atoms with Crippen molar-refractivity contribution in [2.45, 2.75) is 71.1 Å². The lowest BCUT2D eigenvalue weighted by molar-refractivity contribution is -0.0753. The molecule has 1 saturated heterocycles. The predicted octanol–water partition coefficient (Wildman–Crippen LogP) is 2.71. The van der Waals surface area contributed by atoms with Crippen molar-refractivity contribution in [1.29, 1.82) is 0 Å². The highest BCUT2D eigenvalue weighted by molar-refractivity contribution is 4.94. The second kappa shape index (κ2) is 3.82. The molecular formula is C12H25NO. The summed E-state index contributed by atoms with van der Waals surface area (Å²) in [6.45, 7) is 10.8. The van der Waals surface area contributed by atoms with Crippen molar-refractivity contribution >= 4 is 0 Å². The Kier molecular flexibility index (Phi) is 3.27. The molecule has 1 fully saturated rings. The highest BCUT2D eigenvalue weighted by Gasteiger charge is 2.45. The third-order valence-corrected chi connectivity index (χ3v) is 3.23. The predicted molar refractivity (Wildman–Crippen MR) is 60.2 cm³/mol. The third-order valence-electron chi connectivity index (χ3n) is 3.23. The second-order valence-electron chi connectivity index (χ2n) is 5.92. The lowest BCUT2D eigenvalue weighted by Crippen LogP contribution is -2.30. The van der Waals surface area contributed by atoms with Crippen molar-refractivity contribution in [3.8, 4) is 0 Å². The molecule has 0 radical (unpaired) electrons. The number of rotatable bonds is 3. The van der Waals surface area contributed by atoms with Gasteiger partial charge in [-0.1, -0.05) is 0 Å². The molecule has 2 unspecified atom stereocenters. The molecule has 0 saturated carbocycles. The van der Waals surface area contributed by atoms with Crippen LogP contribution in [0, 0.1) is 5.92 Å². The van der Waals surface area contributed by atoms with Crippen molar-refractivity contribution in [2.75, 3.05) is 0 Å². The lowest BCUT2D eigenvalue weighted by Gasteiger charge is -2.27. The van der Waals surface area contributed by atoms with Crippen LogP contribution < -0.4 is 5.73 Å². The van der Waals surface area contributed by atoms with Gasteiger partial charge in [0.25, 0.3) is 0 Å². The number of hydrogen-bond donors (Lipinski definition) is 1. The van der Waals surface area contributed by atoms with Crippen LogP contribution >= 0.6 is 0 Å². The minimum absolute atomic E-state index is 0.0262. The fraction of sp³-hybridized carbons (Fsp3) is 1.00. The largest absolute Gasteiger partial charge is 0.369 e. The summed E-state index contributed by atoms with van der Waals surface area (Å²) in [6, 6.07) is 0.314. The molecular weight excluding hydrogens is 174 g/mol. The van der Waals surface area contributed by atoms with E-state index in [4.69, 9.17) is 10.5 Å². The fourth-order valence-corrected chi connectivity index (χ4v) is 2.59. The van der Waals surface area contributed by atoms with Gasteiger partial charge in [-0.15, -0.1) is 0 Å². The molecule has 2 heteroatoms. The first-order valence-corrected chi connectivity index (χ1v) is 5.69. The van der Waals surface area contributed by atoms with Gasteiger partial charge in [0.1, 0.15) is 0 Å². The molecule has 0 aliphatic carbocycles. The quantitative estimate of drug-likeness (QED) is 0.758. The van der Waals surface area contributed by atoms with E-state index in [-0.39, 0.29) is 11.2 Å². The summed E-state index contributed by atoms with van der Waals surface area (Å²) in [5.74, 6) is 0.656. The maximum absolute atomic E-state index is 6.04. The first-order chi connectivity index (χ1) is 6.23. The van der Waals surface area contributed by atoms with E-state index in [0.717, 1.165) is 12.8 Å². The van der Waals surface area contributed by atoms with Gasteiger partial charge >= 0.3 is 0 Å². The summed E-state index contributed by atoms with van der Waals surface area (Å²) in [4.78, 5) is 0. The molecule has 84 valence electrons. The molecule has 14 heavy (non-hydrogen) atoms. The number of hydrogen-bond acceptors (Lipinski definition) is 2. The molecule has 2 nitrogen and oxygen atoms in total. The van der Waals surface area contributed by atoms with E-state index < -0.39 is 0 Å². The van der Waals surface area contributed by atoms with Gasteiger partial charge in [-0.2, -0.15) is 0 Å². The monoisotopic (exact) mass is 199 g/mol. The molecule has 1 aliphatic rings. The Bertz CT molecular complexity index is 196. The summed E-state index contributed by atoms with van der Waals surface area (Å²) >= 11 is 0. The average Bonchev–Trinajstić information content (AvgIpc) is 2.14. The fourth-order valence-electron chi connectivity index (χ4n) is 2.59. The zero-order chi connectivity index (χ0) is 11.0. The van der Waals surface area contributed by atoms with Crippen LogP contribution in [-0.4, -0.2) is 17.2 Å². The van der Waals surface area contributed by atoms with Gasteiger partial charge in [-0.3, -0.25) is 0 Å². The molecule has 1 heterocycles. The molecule has 2 N–H and O–H groups in total. The maximum Gasteiger partial charge on any atom is 0.0662 e. The average molecular weight is 199 g/mol. The van der Waals surface area contributed by atoms with Gasteiger partial charge in [0.05, 0.1) is 11.2 Å². The lowest BCUT2D eigenvalue weighted by atomic mass is 9.83. The van der Waals surface area contributed by atoms with E-state index in [1.807, 2.05) is 0 Å². The molecule has 0 aromatic heterocycles. The smallest absolute Gasteiger partial charge is 0.0662 e. The Morgan fingerprint density at radius 1 is 1.36 bits per heavy atom. The van der Waals surface area contributed by atoms with Crippen LogP contribution in [0.25, 0.3) is 0 Å². The SMILES string of the molecule is CC(N)CCC1CC(C)(C)OC1(C)C. The minimum Gasteiger partial charge on any atom is -0.369 e. The standard InChI is InChI=1S/C12H25NO/c1-9(13)6-7-10-8-11(2,3)14-12(10,4)5/h9-10H,6-8,13H2,1-5H3. The van der Waals surface area contributed by atoms with Gasteiger partial charge in [-0.25, -0.2) is 0 Å². The van der Waals surface area contributed by atoms with Crippen LogP contribution in [0.1, 0.15) is 53.9 Å². The van der Waals surface area contributed by atoms with Crippen molar-refractivity contribution in [3.63, 3.8) is 0 Å². The summed E-state index contributed by atoms with van der Waals surface area (Å²) in [5, 5.41) is 0. The van der Waals surface area contributed by atoms with Gasteiger partial charge in [0.2, 0.25) is 0 Å². The van der Waals surface area contributed by atoms with Gasteiger partial charge < -0.3 is 10.5 Å². The Morgan fingerprint density at radius 2 is 1.93 bits per heavy atom. The summed E-state index contributed by atoms with van der Waals surface area (Å²) in [5.41, 5.74) is 5.86. The van der Waals surface area contributed by atoms with Crippen molar-refractivity contribution in [3.05, 3.63) is 0 Å². The first kappa shape index (κ1) is 12.0. The van der Waals surface area contributed by atoms with Crippen LogP contribution in [0.15, 0.2) is 0 Å². The maximum atomic E-state index is 6.04. The first-order valence-electron chi connectivity index (χ1n) is 5.69. The zero-order valence-electron chi connectivity index (χ0n) is 10.3. The van der Waals surface area contributed by atoms with Crippen molar-refractivity contribution in [2.24, 2.45) is 11.7 Å². The van der Waals surface area contributed by atoms with E-state index in [2.05, 4.69) is 34.6 Å². The van der Waals surface area contributed by atoms with Crippen LogP contribution in [-0.2, 0) is 4.74 Å². The molecule has 1 aliphatic heterocycles. The summed E-state index contributed by atoms with van der Waals surface area (Å²) in [6.07, 6.45) is 3.45. The number of ether oxygens (including phenoxy) is 1. The van der Waals surface area contributed by atoms with Crippen molar-refractivity contribution in [1.82, 2.24) is 0 Å². The van der Waals surface area contributed by atoms with E-state index in [1.54, 1.807) is 0 Å². The van der Waals surface area contributed by atoms with Crippen LogP contribution in [0.2, 0.25) is 0 Å². The zero-order valence-corrected chi connectivity index (χ0v) is 10.3.